The molecule has 0 amide bonds. The van der Waals surface area contributed by atoms with Crippen LogP contribution in [0.25, 0.3) is 11.0 Å². The summed E-state index contributed by atoms with van der Waals surface area (Å²) in [7, 11) is 0. The van der Waals surface area contributed by atoms with Crippen LogP contribution in [0.3, 0.4) is 0 Å². The van der Waals surface area contributed by atoms with Crippen molar-refractivity contribution in [3.05, 3.63) is 59.7 Å². The van der Waals surface area contributed by atoms with E-state index in [4.69, 9.17) is 5.73 Å². The molecule has 0 aliphatic heterocycles. The minimum absolute atomic E-state index is 0.256. The first-order valence-corrected chi connectivity index (χ1v) is 7.17. The number of aromatic nitrogens is 2. The Morgan fingerprint density at radius 1 is 1.10 bits per heavy atom. The van der Waals surface area contributed by atoms with Crippen molar-refractivity contribution < 1.29 is 4.39 Å². The molecule has 0 unspecified atom stereocenters. The Morgan fingerprint density at radius 3 is 2.57 bits per heavy atom. The molecule has 0 spiro atoms. The van der Waals surface area contributed by atoms with Crippen LogP contribution in [0.4, 0.5) is 10.1 Å². The second-order valence-corrected chi connectivity index (χ2v) is 5.12. The molecule has 21 heavy (non-hydrogen) atoms. The predicted octanol–water partition coefficient (Wildman–Crippen LogP) is 3.56. The Balaban J connectivity index is 1.89. The molecule has 0 aliphatic carbocycles. The Labute approximate surface area is 123 Å². The molecule has 3 rings (SSSR count). The number of nitrogen functional groups attached to an aromatic ring is 1. The molecule has 0 saturated heterocycles. The van der Waals surface area contributed by atoms with Gasteiger partial charge in [0, 0.05) is 18.7 Å². The lowest BCUT2D eigenvalue weighted by atomic mass is 10.1. The summed E-state index contributed by atoms with van der Waals surface area (Å²) < 4.78 is 15.9. The number of para-hydroxylation sites is 1. The van der Waals surface area contributed by atoms with Gasteiger partial charge in [-0.2, -0.15) is 0 Å². The van der Waals surface area contributed by atoms with Gasteiger partial charge in [-0.3, -0.25) is 0 Å². The molecule has 0 atom stereocenters. The van der Waals surface area contributed by atoms with Crippen LogP contribution < -0.4 is 5.73 Å². The first-order chi connectivity index (χ1) is 10.2. The summed E-state index contributed by atoms with van der Waals surface area (Å²) in [6.45, 7) is 2.84. The number of nitrogens with zero attached hydrogens (tertiary/aromatic N) is 2. The average Bonchev–Trinajstić information content (AvgIpc) is 2.86. The predicted molar refractivity (Wildman–Crippen MR) is 83.6 cm³/mol. The monoisotopic (exact) mass is 283 g/mol. The second kappa shape index (κ2) is 5.56. The Hall–Kier alpha value is -2.36. The van der Waals surface area contributed by atoms with Gasteiger partial charge < -0.3 is 10.3 Å². The highest BCUT2D eigenvalue weighted by Crippen LogP contribution is 2.20. The van der Waals surface area contributed by atoms with E-state index in [1.807, 2.05) is 30.3 Å². The van der Waals surface area contributed by atoms with Crippen molar-refractivity contribution >= 4 is 16.7 Å². The van der Waals surface area contributed by atoms with Crippen molar-refractivity contribution in [2.24, 2.45) is 0 Å². The summed E-state index contributed by atoms with van der Waals surface area (Å²) in [6, 6.07) is 13.0. The average molecular weight is 283 g/mol. The molecule has 2 aromatic carbocycles. The number of anilines is 1. The van der Waals surface area contributed by atoms with E-state index in [2.05, 4.69) is 16.5 Å². The van der Waals surface area contributed by atoms with Crippen LogP contribution in [-0.4, -0.2) is 9.55 Å². The number of nitrogens with two attached hydrogens (primary N) is 1. The normalized spacial score (nSPS) is 11.1. The van der Waals surface area contributed by atoms with Gasteiger partial charge in [0.2, 0.25) is 0 Å². The van der Waals surface area contributed by atoms with Crippen molar-refractivity contribution in [2.45, 2.75) is 26.3 Å². The van der Waals surface area contributed by atoms with Crippen molar-refractivity contribution in [2.75, 3.05) is 5.73 Å². The molecule has 4 heteroatoms. The minimum Gasteiger partial charge on any atom is -0.399 e. The standard InChI is InChI=1S/C17H18FN3/c1-2-21-15-5-3-4-14(18)17(15)20-16(21)11-8-12-6-9-13(19)10-7-12/h3-7,9-10H,2,8,11,19H2,1H3. The maximum absolute atomic E-state index is 13.8. The third-order valence-electron chi connectivity index (χ3n) is 3.74. The molecular weight excluding hydrogens is 265 g/mol. The zero-order chi connectivity index (χ0) is 14.8. The van der Waals surface area contributed by atoms with Gasteiger partial charge in [0.15, 0.2) is 5.82 Å². The van der Waals surface area contributed by atoms with E-state index in [9.17, 15) is 4.39 Å². The van der Waals surface area contributed by atoms with Gasteiger partial charge in [-0.25, -0.2) is 9.37 Å². The lowest BCUT2D eigenvalue weighted by molar-refractivity contribution is 0.637. The van der Waals surface area contributed by atoms with Gasteiger partial charge in [-0.15, -0.1) is 0 Å². The Bertz CT molecular complexity index is 760. The van der Waals surface area contributed by atoms with Gasteiger partial charge in [0.05, 0.1) is 5.52 Å². The molecular formula is C17H18FN3. The number of rotatable bonds is 4. The van der Waals surface area contributed by atoms with E-state index < -0.39 is 0 Å². The van der Waals surface area contributed by atoms with Crippen molar-refractivity contribution in [3.8, 4) is 0 Å². The summed E-state index contributed by atoms with van der Waals surface area (Å²) in [5.41, 5.74) is 8.99. The molecule has 1 heterocycles. The van der Waals surface area contributed by atoms with Gasteiger partial charge in [-0.05, 0) is 43.2 Å². The lowest BCUT2D eigenvalue weighted by Crippen LogP contribution is -2.03. The number of imidazole rings is 1. The number of hydrogen-bond acceptors (Lipinski definition) is 2. The van der Waals surface area contributed by atoms with Crippen LogP contribution in [0.15, 0.2) is 42.5 Å². The molecule has 1 aromatic heterocycles. The minimum atomic E-state index is -0.256. The molecule has 3 aromatic rings. The maximum Gasteiger partial charge on any atom is 0.151 e. The quantitative estimate of drug-likeness (QED) is 0.744. The zero-order valence-corrected chi connectivity index (χ0v) is 12.0. The maximum atomic E-state index is 13.8. The fourth-order valence-corrected chi connectivity index (χ4v) is 2.65. The summed E-state index contributed by atoms with van der Waals surface area (Å²) in [6.07, 6.45) is 1.65. The van der Waals surface area contributed by atoms with Gasteiger partial charge in [0.25, 0.3) is 0 Å². The Kier molecular flexibility index (Phi) is 3.60. The Morgan fingerprint density at radius 2 is 1.86 bits per heavy atom. The molecule has 0 radical (unpaired) electrons. The van der Waals surface area contributed by atoms with Crippen LogP contribution in [0, 0.1) is 5.82 Å². The topological polar surface area (TPSA) is 43.8 Å². The van der Waals surface area contributed by atoms with Crippen LogP contribution in [0.1, 0.15) is 18.3 Å². The molecule has 3 nitrogen and oxygen atoms in total. The zero-order valence-electron chi connectivity index (χ0n) is 12.0. The van der Waals surface area contributed by atoms with Gasteiger partial charge in [-0.1, -0.05) is 18.2 Å². The van der Waals surface area contributed by atoms with Crippen LogP contribution >= 0.6 is 0 Å². The number of aryl methyl sites for hydroxylation is 3. The summed E-state index contributed by atoms with van der Waals surface area (Å²) in [4.78, 5) is 4.48. The third-order valence-corrected chi connectivity index (χ3v) is 3.74. The lowest BCUT2D eigenvalue weighted by Gasteiger charge is -2.06. The van der Waals surface area contributed by atoms with E-state index in [-0.39, 0.29) is 5.82 Å². The van der Waals surface area contributed by atoms with Crippen LogP contribution in [0.2, 0.25) is 0 Å². The number of benzene rings is 2. The summed E-state index contributed by atoms with van der Waals surface area (Å²) >= 11 is 0. The molecule has 0 saturated carbocycles. The van der Waals surface area contributed by atoms with Gasteiger partial charge in [0.1, 0.15) is 11.3 Å². The van der Waals surface area contributed by atoms with E-state index >= 15 is 0 Å². The number of hydrogen-bond donors (Lipinski definition) is 1. The first kappa shape index (κ1) is 13.6. The third kappa shape index (κ3) is 2.61. The van der Waals surface area contributed by atoms with Crippen molar-refractivity contribution in [1.82, 2.24) is 9.55 Å². The molecule has 2 N–H and O–H groups in total. The number of halogens is 1. The van der Waals surface area contributed by atoms with E-state index in [0.717, 1.165) is 36.4 Å². The van der Waals surface area contributed by atoms with Crippen molar-refractivity contribution in [1.29, 1.82) is 0 Å². The molecule has 108 valence electrons. The molecule has 0 bridgehead atoms. The smallest absolute Gasteiger partial charge is 0.151 e. The van der Waals surface area contributed by atoms with Crippen LogP contribution in [-0.2, 0) is 19.4 Å². The fraction of sp³-hybridized carbons (Fsp3) is 0.235. The van der Waals surface area contributed by atoms with Crippen LogP contribution in [0.5, 0.6) is 0 Å². The highest BCUT2D eigenvalue weighted by molar-refractivity contribution is 5.76. The molecule has 0 aliphatic rings. The molecule has 0 fully saturated rings. The summed E-state index contributed by atoms with van der Waals surface area (Å²) in [5.74, 6) is 0.669. The number of fused-ring (bicyclic) bond motifs is 1. The highest BCUT2D eigenvalue weighted by Gasteiger charge is 2.12. The summed E-state index contributed by atoms with van der Waals surface area (Å²) in [5, 5.41) is 0. The first-order valence-electron chi connectivity index (χ1n) is 7.17. The highest BCUT2D eigenvalue weighted by atomic mass is 19.1. The largest absolute Gasteiger partial charge is 0.399 e. The van der Waals surface area contributed by atoms with Gasteiger partial charge >= 0.3 is 0 Å². The van der Waals surface area contributed by atoms with E-state index in [0.29, 0.717) is 5.52 Å². The second-order valence-electron chi connectivity index (χ2n) is 5.12. The fourth-order valence-electron chi connectivity index (χ4n) is 2.65. The van der Waals surface area contributed by atoms with E-state index in [1.165, 1.54) is 11.6 Å². The van der Waals surface area contributed by atoms with E-state index in [1.54, 1.807) is 6.07 Å². The van der Waals surface area contributed by atoms with Crippen molar-refractivity contribution in [3.63, 3.8) is 0 Å². The SMILES string of the molecule is CCn1c(CCc2ccc(N)cc2)nc2c(F)cccc21.